The standard InChI is InChI=1S/C24H21F5O2/c1-2-3-17-4-6-18(7-5-17)16-30-22-14-10-20(11-15-22)19-8-12-21(13-9-19)23(25,26)31-24(27,28)29/h4-15H,2-3,16H2,1H3. The molecule has 0 saturated carbocycles. The van der Waals surface area contributed by atoms with E-state index in [1.165, 1.54) is 17.7 Å². The monoisotopic (exact) mass is 436 g/mol. The second kappa shape index (κ2) is 9.47. The Balaban J connectivity index is 1.62. The third-order valence-electron chi connectivity index (χ3n) is 4.62. The highest BCUT2D eigenvalue weighted by atomic mass is 19.4. The molecular formula is C24H21F5O2. The van der Waals surface area contributed by atoms with Gasteiger partial charge in [0.25, 0.3) is 0 Å². The number of ether oxygens (including phenoxy) is 2. The quantitative estimate of drug-likeness (QED) is 0.341. The first-order valence-electron chi connectivity index (χ1n) is 9.72. The lowest BCUT2D eigenvalue weighted by Gasteiger charge is -2.18. The van der Waals surface area contributed by atoms with Crippen molar-refractivity contribution in [3.63, 3.8) is 0 Å². The number of halogens is 5. The van der Waals surface area contributed by atoms with Gasteiger partial charge in [-0.1, -0.05) is 61.9 Å². The second-order valence-electron chi connectivity index (χ2n) is 7.02. The molecule has 0 saturated heterocycles. The van der Waals surface area contributed by atoms with Crippen molar-refractivity contribution in [2.24, 2.45) is 0 Å². The van der Waals surface area contributed by atoms with Crippen LogP contribution in [0.2, 0.25) is 0 Å². The highest BCUT2D eigenvalue weighted by Gasteiger charge is 2.46. The van der Waals surface area contributed by atoms with Crippen LogP contribution in [0, 0.1) is 0 Å². The number of hydrogen-bond donors (Lipinski definition) is 0. The largest absolute Gasteiger partial charge is 0.527 e. The fourth-order valence-corrected chi connectivity index (χ4v) is 3.06. The van der Waals surface area contributed by atoms with Gasteiger partial charge in [0.1, 0.15) is 12.4 Å². The molecule has 0 N–H and O–H groups in total. The summed E-state index contributed by atoms with van der Waals surface area (Å²) in [4.78, 5) is 0. The minimum atomic E-state index is -5.43. The second-order valence-corrected chi connectivity index (χ2v) is 7.02. The summed E-state index contributed by atoms with van der Waals surface area (Å²) < 4.78 is 72.2. The number of benzene rings is 3. The Morgan fingerprint density at radius 1 is 0.677 bits per heavy atom. The van der Waals surface area contributed by atoms with Crippen molar-refractivity contribution >= 4 is 0 Å². The van der Waals surface area contributed by atoms with Crippen LogP contribution in [0.4, 0.5) is 22.0 Å². The van der Waals surface area contributed by atoms with Gasteiger partial charge in [0.2, 0.25) is 0 Å². The highest BCUT2D eigenvalue weighted by Crippen LogP contribution is 2.37. The van der Waals surface area contributed by atoms with Crippen molar-refractivity contribution in [2.75, 3.05) is 0 Å². The van der Waals surface area contributed by atoms with Gasteiger partial charge in [-0.25, -0.2) is 4.74 Å². The summed E-state index contributed by atoms with van der Waals surface area (Å²) in [5.74, 6) is 0.642. The van der Waals surface area contributed by atoms with Gasteiger partial charge in [0.05, 0.1) is 5.56 Å². The molecule has 3 aromatic carbocycles. The average molecular weight is 436 g/mol. The number of rotatable bonds is 8. The van der Waals surface area contributed by atoms with Gasteiger partial charge < -0.3 is 4.74 Å². The van der Waals surface area contributed by atoms with E-state index in [2.05, 4.69) is 23.8 Å². The molecule has 0 aliphatic heterocycles. The molecule has 0 aliphatic rings. The zero-order chi connectivity index (χ0) is 22.5. The Kier molecular flexibility index (Phi) is 6.95. The van der Waals surface area contributed by atoms with Gasteiger partial charge in [0, 0.05) is 0 Å². The molecule has 0 amide bonds. The summed E-state index contributed by atoms with van der Waals surface area (Å²) in [6.07, 6.45) is -7.76. The van der Waals surface area contributed by atoms with E-state index in [0.717, 1.165) is 30.5 Å². The van der Waals surface area contributed by atoms with Crippen LogP contribution in [0.5, 0.6) is 5.75 Å². The van der Waals surface area contributed by atoms with Crippen LogP contribution in [0.15, 0.2) is 72.8 Å². The summed E-state index contributed by atoms with van der Waals surface area (Å²) >= 11 is 0. The van der Waals surface area contributed by atoms with Crippen LogP contribution in [0.25, 0.3) is 11.1 Å². The first-order valence-corrected chi connectivity index (χ1v) is 9.72. The van der Waals surface area contributed by atoms with Gasteiger partial charge in [-0.2, -0.15) is 8.78 Å². The van der Waals surface area contributed by atoms with E-state index in [4.69, 9.17) is 4.74 Å². The molecule has 2 nitrogen and oxygen atoms in total. The Bertz CT molecular complexity index is 963. The Morgan fingerprint density at radius 3 is 1.71 bits per heavy atom. The topological polar surface area (TPSA) is 18.5 Å². The van der Waals surface area contributed by atoms with Crippen molar-refractivity contribution in [1.29, 1.82) is 0 Å². The molecule has 0 radical (unpaired) electrons. The summed E-state index contributed by atoms with van der Waals surface area (Å²) in [6.45, 7) is 2.54. The fraction of sp³-hybridized carbons (Fsp3) is 0.250. The molecule has 3 rings (SSSR count). The Labute approximate surface area is 177 Å². The van der Waals surface area contributed by atoms with Crippen LogP contribution in [0.3, 0.4) is 0 Å². The summed E-state index contributed by atoms with van der Waals surface area (Å²) in [5, 5.41) is 0. The Hall–Kier alpha value is -2.93. The molecule has 0 aliphatic carbocycles. The highest BCUT2D eigenvalue weighted by molar-refractivity contribution is 5.64. The van der Waals surface area contributed by atoms with E-state index in [0.29, 0.717) is 23.5 Å². The zero-order valence-corrected chi connectivity index (χ0v) is 16.8. The van der Waals surface area contributed by atoms with E-state index < -0.39 is 18.0 Å². The normalized spacial score (nSPS) is 12.1. The molecule has 7 heteroatoms. The maximum Gasteiger partial charge on any atom is 0.527 e. The van der Waals surface area contributed by atoms with Gasteiger partial charge in [-0.3, -0.25) is 0 Å². The lowest BCUT2D eigenvalue weighted by Crippen LogP contribution is -2.27. The SMILES string of the molecule is CCCc1ccc(COc2ccc(-c3ccc(C(F)(F)OC(F)(F)F)cc3)cc2)cc1. The van der Waals surface area contributed by atoms with Gasteiger partial charge in [-0.15, -0.1) is 13.2 Å². The van der Waals surface area contributed by atoms with Gasteiger partial charge in [-0.05, 0) is 52.9 Å². The predicted octanol–water partition coefficient (Wildman–Crippen LogP) is 7.47. The van der Waals surface area contributed by atoms with E-state index in [1.54, 1.807) is 24.3 Å². The van der Waals surface area contributed by atoms with Gasteiger partial charge in [0.15, 0.2) is 0 Å². The number of hydrogen-bond acceptors (Lipinski definition) is 2. The van der Waals surface area contributed by atoms with Crippen molar-refractivity contribution < 1.29 is 31.4 Å². The minimum absolute atomic E-state index is 0.411. The van der Waals surface area contributed by atoms with Crippen LogP contribution >= 0.6 is 0 Å². The number of alkyl halides is 5. The maximum absolute atomic E-state index is 13.6. The molecule has 0 atom stereocenters. The summed E-state index contributed by atoms with van der Waals surface area (Å²) in [7, 11) is 0. The lowest BCUT2D eigenvalue weighted by atomic mass is 10.0. The molecule has 0 bridgehead atoms. The molecule has 3 aromatic rings. The summed E-state index contributed by atoms with van der Waals surface area (Å²) in [6, 6.07) is 19.7. The van der Waals surface area contributed by atoms with Crippen molar-refractivity contribution in [2.45, 2.75) is 38.8 Å². The molecule has 0 fully saturated rings. The summed E-state index contributed by atoms with van der Waals surface area (Å²) in [5.41, 5.74) is 2.73. The van der Waals surface area contributed by atoms with Crippen LogP contribution in [0.1, 0.15) is 30.0 Å². The molecular weight excluding hydrogens is 415 g/mol. The molecule has 31 heavy (non-hydrogen) atoms. The third kappa shape index (κ3) is 6.52. The van der Waals surface area contributed by atoms with Crippen LogP contribution < -0.4 is 4.74 Å². The molecule has 0 unspecified atom stereocenters. The predicted molar refractivity (Wildman–Crippen MR) is 108 cm³/mol. The molecule has 164 valence electrons. The minimum Gasteiger partial charge on any atom is -0.489 e. The fourth-order valence-electron chi connectivity index (χ4n) is 3.06. The van der Waals surface area contributed by atoms with Crippen molar-refractivity contribution in [3.8, 4) is 16.9 Å². The van der Waals surface area contributed by atoms with Crippen molar-refractivity contribution in [1.82, 2.24) is 0 Å². The van der Waals surface area contributed by atoms with E-state index in [9.17, 15) is 22.0 Å². The molecule has 0 spiro atoms. The lowest BCUT2D eigenvalue weighted by molar-refractivity contribution is -0.431. The van der Waals surface area contributed by atoms with E-state index >= 15 is 0 Å². The molecule has 0 aromatic heterocycles. The van der Waals surface area contributed by atoms with Gasteiger partial charge >= 0.3 is 12.5 Å². The average Bonchev–Trinajstić information content (AvgIpc) is 2.72. The third-order valence-corrected chi connectivity index (χ3v) is 4.62. The number of aryl methyl sites for hydroxylation is 1. The first kappa shape index (κ1) is 22.7. The molecule has 0 heterocycles. The Morgan fingerprint density at radius 2 is 1.19 bits per heavy atom. The van der Waals surface area contributed by atoms with E-state index in [-0.39, 0.29) is 0 Å². The zero-order valence-electron chi connectivity index (χ0n) is 16.8. The smallest absolute Gasteiger partial charge is 0.489 e. The van der Waals surface area contributed by atoms with E-state index in [1.807, 2.05) is 12.1 Å². The first-order chi connectivity index (χ1) is 14.7. The maximum atomic E-state index is 13.6. The van der Waals surface area contributed by atoms with Crippen LogP contribution in [-0.4, -0.2) is 6.36 Å². The van der Waals surface area contributed by atoms with Crippen molar-refractivity contribution in [3.05, 3.63) is 89.5 Å². The van der Waals surface area contributed by atoms with Crippen LogP contribution in [-0.2, 0) is 23.9 Å².